The SMILES string of the molecule is O=C(NC1CCCC1)c1cn(CC2(O)CCN(C(=O)c3ccc(F)c(Cl)c3)CC2)nn1. The van der Waals surface area contributed by atoms with E-state index in [2.05, 4.69) is 15.6 Å². The van der Waals surface area contributed by atoms with Gasteiger partial charge in [-0.2, -0.15) is 0 Å². The Bertz CT molecular complexity index is 968. The molecule has 2 aromatic rings. The Hall–Kier alpha value is -2.52. The van der Waals surface area contributed by atoms with Gasteiger partial charge in [-0.25, -0.2) is 9.07 Å². The van der Waals surface area contributed by atoms with Crippen molar-refractivity contribution in [3.05, 3.63) is 46.5 Å². The largest absolute Gasteiger partial charge is 0.388 e. The molecule has 166 valence electrons. The summed E-state index contributed by atoms with van der Waals surface area (Å²) in [5, 5.41) is 21.7. The Morgan fingerprint density at radius 1 is 1.26 bits per heavy atom. The van der Waals surface area contributed by atoms with Crippen LogP contribution in [0.3, 0.4) is 0 Å². The maximum Gasteiger partial charge on any atom is 0.273 e. The summed E-state index contributed by atoms with van der Waals surface area (Å²) in [5.41, 5.74) is -0.522. The number of aromatic nitrogens is 3. The van der Waals surface area contributed by atoms with E-state index in [4.69, 9.17) is 11.6 Å². The van der Waals surface area contributed by atoms with Gasteiger partial charge in [0.15, 0.2) is 5.69 Å². The van der Waals surface area contributed by atoms with E-state index < -0.39 is 11.4 Å². The fraction of sp³-hybridized carbons (Fsp3) is 0.524. The summed E-state index contributed by atoms with van der Waals surface area (Å²) in [6.45, 7) is 0.864. The minimum atomic E-state index is -1.07. The van der Waals surface area contributed by atoms with Gasteiger partial charge in [-0.05, 0) is 43.9 Å². The highest BCUT2D eigenvalue weighted by molar-refractivity contribution is 6.31. The van der Waals surface area contributed by atoms with Crippen molar-refractivity contribution in [2.24, 2.45) is 0 Å². The number of halogens is 2. The van der Waals surface area contributed by atoms with Gasteiger partial charge in [-0.1, -0.05) is 29.7 Å². The van der Waals surface area contributed by atoms with Crippen LogP contribution in [0.15, 0.2) is 24.4 Å². The monoisotopic (exact) mass is 449 g/mol. The molecule has 0 bridgehead atoms. The number of hydrogen-bond acceptors (Lipinski definition) is 5. The maximum absolute atomic E-state index is 13.3. The molecule has 2 aliphatic rings. The Kier molecular flexibility index (Phi) is 6.24. The van der Waals surface area contributed by atoms with Crippen molar-refractivity contribution in [1.29, 1.82) is 0 Å². The fourth-order valence-corrected chi connectivity index (χ4v) is 4.39. The summed E-state index contributed by atoms with van der Waals surface area (Å²) >= 11 is 5.77. The molecule has 1 aromatic heterocycles. The Balaban J connectivity index is 1.32. The molecule has 1 aromatic carbocycles. The Morgan fingerprint density at radius 3 is 2.65 bits per heavy atom. The topological polar surface area (TPSA) is 100 Å². The molecule has 31 heavy (non-hydrogen) atoms. The van der Waals surface area contributed by atoms with Crippen LogP contribution in [-0.4, -0.2) is 61.5 Å². The Morgan fingerprint density at radius 2 is 1.97 bits per heavy atom. The highest BCUT2D eigenvalue weighted by atomic mass is 35.5. The second kappa shape index (κ2) is 8.92. The van der Waals surface area contributed by atoms with Crippen LogP contribution in [0.2, 0.25) is 5.02 Å². The lowest BCUT2D eigenvalue weighted by Crippen LogP contribution is -2.48. The average Bonchev–Trinajstić information content (AvgIpc) is 3.42. The van der Waals surface area contributed by atoms with Crippen molar-refractivity contribution in [3.63, 3.8) is 0 Å². The van der Waals surface area contributed by atoms with Crippen LogP contribution in [0, 0.1) is 5.82 Å². The van der Waals surface area contributed by atoms with Gasteiger partial charge in [0.2, 0.25) is 0 Å². The van der Waals surface area contributed by atoms with Gasteiger partial charge in [0.1, 0.15) is 5.82 Å². The molecule has 1 aliphatic heterocycles. The van der Waals surface area contributed by atoms with E-state index in [1.807, 2.05) is 0 Å². The van der Waals surface area contributed by atoms with E-state index in [1.54, 1.807) is 11.1 Å². The van der Waals surface area contributed by atoms with Gasteiger partial charge in [0, 0.05) is 24.7 Å². The van der Waals surface area contributed by atoms with E-state index in [0.717, 1.165) is 25.7 Å². The second-order valence-electron chi connectivity index (χ2n) is 8.40. The first-order chi connectivity index (χ1) is 14.8. The molecule has 0 spiro atoms. The molecular weight excluding hydrogens is 425 g/mol. The number of benzene rings is 1. The zero-order valence-corrected chi connectivity index (χ0v) is 17.8. The van der Waals surface area contributed by atoms with Gasteiger partial charge in [-0.15, -0.1) is 5.10 Å². The number of carbonyl (C=O) groups excluding carboxylic acids is 2. The van der Waals surface area contributed by atoms with E-state index in [-0.39, 0.29) is 35.1 Å². The lowest BCUT2D eigenvalue weighted by atomic mass is 9.91. The summed E-state index contributed by atoms with van der Waals surface area (Å²) in [4.78, 5) is 26.6. The minimum absolute atomic E-state index is 0.0988. The van der Waals surface area contributed by atoms with Gasteiger partial charge >= 0.3 is 0 Å². The standard InChI is InChI=1S/C21H25ClFN5O3/c22-16-11-14(5-6-17(16)23)20(30)27-9-7-21(31,8-10-27)13-28-12-18(25-26-28)19(29)24-15-3-1-2-4-15/h5-6,11-12,15,31H,1-4,7-10,13H2,(H,24,29). The Labute approximate surface area is 184 Å². The molecule has 0 radical (unpaired) electrons. The normalized spacial score (nSPS) is 18.9. The van der Waals surface area contributed by atoms with E-state index >= 15 is 0 Å². The molecule has 1 aliphatic carbocycles. The van der Waals surface area contributed by atoms with Crippen molar-refractivity contribution in [1.82, 2.24) is 25.2 Å². The van der Waals surface area contributed by atoms with Crippen molar-refractivity contribution in [3.8, 4) is 0 Å². The van der Waals surface area contributed by atoms with E-state index in [9.17, 15) is 19.1 Å². The highest BCUT2D eigenvalue weighted by Gasteiger charge is 2.35. The molecule has 2 N–H and O–H groups in total. The molecular formula is C21H25ClFN5O3. The third kappa shape index (κ3) is 5.04. The lowest BCUT2D eigenvalue weighted by molar-refractivity contribution is -0.0318. The predicted octanol–water partition coefficient (Wildman–Crippen LogP) is 2.41. The maximum atomic E-state index is 13.3. The van der Waals surface area contributed by atoms with Crippen LogP contribution < -0.4 is 5.32 Å². The molecule has 0 atom stereocenters. The first-order valence-electron chi connectivity index (χ1n) is 10.5. The van der Waals surface area contributed by atoms with Gasteiger partial charge < -0.3 is 15.3 Å². The summed E-state index contributed by atoms with van der Waals surface area (Å²) in [6.07, 6.45) is 6.45. The number of rotatable bonds is 5. The first-order valence-corrected chi connectivity index (χ1v) is 10.9. The van der Waals surface area contributed by atoms with E-state index in [0.29, 0.717) is 31.5 Å². The number of nitrogens with one attached hydrogen (secondary N) is 1. The average molecular weight is 450 g/mol. The van der Waals surface area contributed by atoms with Crippen LogP contribution in [0.5, 0.6) is 0 Å². The summed E-state index contributed by atoms with van der Waals surface area (Å²) in [6, 6.07) is 4.08. The van der Waals surface area contributed by atoms with Crippen molar-refractivity contribution < 1.29 is 19.1 Å². The molecule has 2 heterocycles. The number of carbonyl (C=O) groups is 2. The molecule has 0 unspecified atom stereocenters. The molecule has 8 nitrogen and oxygen atoms in total. The highest BCUT2D eigenvalue weighted by Crippen LogP contribution is 2.26. The van der Waals surface area contributed by atoms with Gasteiger partial charge in [-0.3, -0.25) is 9.59 Å². The molecule has 4 rings (SSSR count). The van der Waals surface area contributed by atoms with Crippen molar-refractivity contribution in [2.45, 2.75) is 56.7 Å². The number of aliphatic hydroxyl groups is 1. The van der Waals surface area contributed by atoms with Crippen LogP contribution in [-0.2, 0) is 6.54 Å². The van der Waals surface area contributed by atoms with Crippen LogP contribution in [0.1, 0.15) is 59.4 Å². The number of nitrogens with zero attached hydrogens (tertiary/aromatic N) is 4. The van der Waals surface area contributed by atoms with Crippen molar-refractivity contribution >= 4 is 23.4 Å². The molecule has 1 saturated carbocycles. The van der Waals surface area contributed by atoms with Crippen LogP contribution in [0.25, 0.3) is 0 Å². The third-order valence-corrected chi connectivity index (χ3v) is 6.36. The summed E-state index contributed by atoms with van der Waals surface area (Å²) in [5.74, 6) is -1.07. The summed E-state index contributed by atoms with van der Waals surface area (Å²) < 4.78 is 14.8. The number of amides is 2. The van der Waals surface area contributed by atoms with Gasteiger partial charge in [0.05, 0.1) is 23.4 Å². The minimum Gasteiger partial charge on any atom is -0.388 e. The zero-order valence-electron chi connectivity index (χ0n) is 17.1. The molecule has 10 heteroatoms. The third-order valence-electron chi connectivity index (χ3n) is 6.07. The van der Waals surface area contributed by atoms with Crippen molar-refractivity contribution in [2.75, 3.05) is 13.1 Å². The number of piperidine rings is 1. The van der Waals surface area contributed by atoms with E-state index in [1.165, 1.54) is 22.9 Å². The lowest BCUT2D eigenvalue weighted by Gasteiger charge is -2.38. The van der Waals surface area contributed by atoms with Gasteiger partial charge in [0.25, 0.3) is 11.8 Å². The quantitative estimate of drug-likeness (QED) is 0.730. The second-order valence-corrected chi connectivity index (χ2v) is 8.81. The smallest absolute Gasteiger partial charge is 0.273 e. The summed E-state index contributed by atoms with van der Waals surface area (Å²) in [7, 11) is 0. The predicted molar refractivity (Wildman–Crippen MR) is 111 cm³/mol. The number of hydrogen-bond donors (Lipinski definition) is 2. The number of likely N-dealkylation sites (tertiary alicyclic amines) is 1. The fourth-order valence-electron chi connectivity index (χ4n) is 4.21. The molecule has 2 fully saturated rings. The van der Waals surface area contributed by atoms with Crippen LogP contribution in [0.4, 0.5) is 4.39 Å². The molecule has 2 amide bonds. The molecule has 1 saturated heterocycles. The van der Waals surface area contributed by atoms with Crippen LogP contribution >= 0.6 is 11.6 Å². The first kappa shape index (κ1) is 21.7. The zero-order chi connectivity index (χ0) is 22.0.